The number of nitrogens with one attached hydrogen (secondary N) is 1. The van der Waals surface area contributed by atoms with Gasteiger partial charge in [0.1, 0.15) is 12.6 Å². The van der Waals surface area contributed by atoms with E-state index in [1.165, 1.54) is 24.2 Å². The molecule has 0 bridgehead atoms. The molecule has 0 unspecified atom stereocenters. The Balaban J connectivity index is 1.93. The van der Waals surface area contributed by atoms with Crippen molar-refractivity contribution in [1.82, 2.24) is 5.32 Å². The van der Waals surface area contributed by atoms with Crippen molar-refractivity contribution in [1.29, 1.82) is 5.26 Å². The molecular weight excluding hydrogens is 302 g/mol. The first-order chi connectivity index (χ1) is 11.6. The quantitative estimate of drug-likeness (QED) is 0.816. The molecule has 128 valence electrons. The Labute approximate surface area is 143 Å². The van der Waals surface area contributed by atoms with E-state index in [2.05, 4.69) is 5.32 Å². The van der Waals surface area contributed by atoms with Crippen LogP contribution in [0.15, 0.2) is 30.3 Å². The monoisotopic (exact) mass is 327 g/mol. The first kappa shape index (κ1) is 18.0. The van der Waals surface area contributed by atoms with Crippen molar-refractivity contribution in [3.05, 3.63) is 30.3 Å². The Morgan fingerprint density at radius 3 is 2.54 bits per heavy atom. The molecule has 0 aromatic heterocycles. The second kappa shape index (κ2) is 9.07. The van der Waals surface area contributed by atoms with Gasteiger partial charge in [0, 0.05) is 12.1 Å². The minimum atomic E-state index is -0.644. The summed E-state index contributed by atoms with van der Waals surface area (Å²) in [6, 6.07) is 10.4. The zero-order valence-corrected chi connectivity index (χ0v) is 14.2. The average molecular weight is 327 g/mol. The number of carbonyl (C=O) groups excluding carboxylic acids is 2. The van der Waals surface area contributed by atoms with E-state index in [4.69, 9.17) is 5.26 Å². The lowest BCUT2D eigenvalue weighted by molar-refractivity contribution is -0.127. The van der Waals surface area contributed by atoms with Crippen LogP contribution in [0.1, 0.15) is 45.4 Å². The summed E-state index contributed by atoms with van der Waals surface area (Å²) in [6.07, 6.45) is 6.32. The third-order valence-electron chi connectivity index (χ3n) is 4.51. The van der Waals surface area contributed by atoms with Crippen LogP contribution in [-0.2, 0) is 9.59 Å². The zero-order valence-electron chi connectivity index (χ0n) is 14.2. The highest BCUT2D eigenvalue weighted by atomic mass is 16.2. The molecule has 24 heavy (non-hydrogen) atoms. The molecule has 0 saturated heterocycles. The summed E-state index contributed by atoms with van der Waals surface area (Å²) in [7, 11) is 0. The smallest absolute Gasteiger partial charge is 0.250 e. The molecule has 0 radical (unpaired) electrons. The summed E-state index contributed by atoms with van der Waals surface area (Å²) >= 11 is 0. The molecule has 0 spiro atoms. The van der Waals surface area contributed by atoms with Crippen molar-refractivity contribution >= 4 is 17.5 Å². The van der Waals surface area contributed by atoms with Gasteiger partial charge in [0.25, 0.3) is 0 Å². The van der Waals surface area contributed by atoms with Crippen LogP contribution in [-0.4, -0.2) is 24.4 Å². The topological polar surface area (TPSA) is 73.2 Å². The van der Waals surface area contributed by atoms with E-state index in [9.17, 15) is 9.59 Å². The largest absolute Gasteiger partial charge is 0.345 e. The van der Waals surface area contributed by atoms with Crippen LogP contribution in [0.4, 0.5) is 5.69 Å². The predicted octanol–water partition coefficient (Wildman–Crippen LogP) is 3.02. The lowest BCUT2D eigenvalue weighted by Gasteiger charge is -2.25. The Hall–Kier alpha value is -2.35. The van der Waals surface area contributed by atoms with Crippen molar-refractivity contribution in [2.24, 2.45) is 5.92 Å². The van der Waals surface area contributed by atoms with Crippen molar-refractivity contribution in [2.45, 2.75) is 51.5 Å². The van der Waals surface area contributed by atoms with Gasteiger partial charge in [-0.3, -0.25) is 14.5 Å². The number of carbonyl (C=O) groups is 2. The van der Waals surface area contributed by atoms with E-state index in [0.717, 1.165) is 12.8 Å². The van der Waals surface area contributed by atoms with Crippen LogP contribution < -0.4 is 10.2 Å². The van der Waals surface area contributed by atoms with Crippen LogP contribution in [0.2, 0.25) is 0 Å². The van der Waals surface area contributed by atoms with Gasteiger partial charge in [-0.05, 0) is 37.8 Å². The number of hydrogen-bond donors (Lipinski definition) is 1. The summed E-state index contributed by atoms with van der Waals surface area (Å²) in [6.45, 7) is 1.64. The molecule has 5 nitrogen and oxygen atoms in total. The fourth-order valence-corrected chi connectivity index (χ4v) is 3.22. The summed E-state index contributed by atoms with van der Waals surface area (Å²) < 4.78 is 0. The minimum Gasteiger partial charge on any atom is -0.345 e. The molecule has 5 heteroatoms. The highest BCUT2D eigenvalue weighted by Gasteiger charge is 2.24. The highest BCUT2D eigenvalue weighted by molar-refractivity contribution is 5.99. The van der Waals surface area contributed by atoms with Gasteiger partial charge in [-0.15, -0.1) is 0 Å². The molecule has 1 aliphatic rings. The second-order valence-corrected chi connectivity index (χ2v) is 6.42. The van der Waals surface area contributed by atoms with Gasteiger partial charge in [-0.25, -0.2) is 0 Å². The van der Waals surface area contributed by atoms with Gasteiger partial charge in [0.05, 0.1) is 6.07 Å². The van der Waals surface area contributed by atoms with Crippen LogP contribution in [0.25, 0.3) is 0 Å². The number of anilines is 1. The third kappa shape index (κ3) is 5.09. The third-order valence-corrected chi connectivity index (χ3v) is 4.51. The summed E-state index contributed by atoms with van der Waals surface area (Å²) in [5.41, 5.74) is 0.664. The fraction of sp³-hybridized carbons (Fsp3) is 0.526. The standard InChI is InChI=1S/C19H25N3O2/c1-15(21-18(23)14-16-8-4-2-5-9-16)19(24)22(13-12-20)17-10-6-3-7-11-17/h3,6-7,10-11,15-16H,2,4-5,8-9,13-14H2,1H3,(H,21,23)/t15-/m1/s1. The number of nitrogens with zero attached hydrogens (tertiary/aromatic N) is 2. The molecule has 1 atom stereocenters. The second-order valence-electron chi connectivity index (χ2n) is 6.42. The number of rotatable bonds is 6. The van der Waals surface area contributed by atoms with Gasteiger partial charge in [-0.1, -0.05) is 37.5 Å². The van der Waals surface area contributed by atoms with Crippen LogP contribution in [0.3, 0.4) is 0 Å². The maximum Gasteiger partial charge on any atom is 0.250 e. The summed E-state index contributed by atoms with van der Waals surface area (Å²) in [5, 5.41) is 11.8. The molecule has 0 aliphatic heterocycles. The maximum absolute atomic E-state index is 12.6. The molecule has 2 amide bonds. The number of amides is 2. The van der Waals surface area contributed by atoms with Gasteiger partial charge in [-0.2, -0.15) is 5.26 Å². The van der Waals surface area contributed by atoms with Gasteiger partial charge in [0.15, 0.2) is 0 Å². The van der Waals surface area contributed by atoms with E-state index in [0.29, 0.717) is 18.0 Å². The van der Waals surface area contributed by atoms with Gasteiger partial charge < -0.3 is 5.32 Å². The molecular formula is C19H25N3O2. The molecule has 1 aromatic carbocycles. The van der Waals surface area contributed by atoms with Crippen LogP contribution in [0.5, 0.6) is 0 Å². The lowest BCUT2D eigenvalue weighted by atomic mass is 9.87. The fourth-order valence-electron chi connectivity index (χ4n) is 3.22. The van der Waals surface area contributed by atoms with E-state index >= 15 is 0 Å². The van der Waals surface area contributed by atoms with E-state index < -0.39 is 6.04 Å². The molecule has 1 aliphatic carbocycles. The molecule has 0 heterocycles. The zero-order chi connectivity index (χ0) is 17.4. The first-order valence-electron chi connectivity index (χ1n) is 8.64. The lowest BCUT2D eigenvalue weighted by Crippen LogP contribution is -2.47. The van der Waals surface area contributed by atoms with Crippen molar-refractivity contribution in [3.63, 3.8) is 0 Å². The van der Waals surface area contributed by atoms with Gasteiger partial charge >= 0.3 is 0 Å². The Bertz CT molecular complexity index is 588. The predicted molar refractivity (Wildman–Crippen MR) is 93.2 cm³/mol. The number of nitriles is 1. The molecule has 1 fully saturated rings. The van der Waals surface area contributed by atoms with E-state index in [1.807, 2.05) is 24.3 Å². The van der Waals surface area contributed by atoms with Crippen molar-refractivity contribution < 1.29 is 9.59 Å². The van der Waals surface area contributed by atoms with Crippen LogP contribution >= 0.6 is 0 Å². The Kier molecular flexibility index (Phi) is 6.80. The molecule has 1 saturated carbocycles. The van der Waals surface area contributed by atoms with Gasteiger partial charge in [0.2, 0.25) is 11.8 Å². The van der Waals surface area contributed by atoms with E-state index in [1.54, 1.807) is 19.1 Å². The number of benzene rings is 1. The first-order valence-corrected chi connectivity index (χ1v) is 8.64. The molecule has 1 N–H and O–H groups in total. The SMILES string of the molecule is C[C@@H](NC(=O)CC1CCCCC1)C(=O)N(CC#N)c1ccccc1. The van der Waals surface area contributed by atoms with Crippen LogP contribution in [0, 0.1) is 17.2 Å². The van der Waals surface area contributed by atoms with Crippen molar-refractivity contribution in [3.8, 4) is 6.07 Å². The highest BCUT2D eigenvalue weighted by Crippen LogP contribution is 2.26. The Morgan fingerprint density at radius 2 is 1.92 bits per heavy atom. The summed E-state index contributed by atoms with van der Waals surface area (Å²) in [4.78, 5) is 26.2. The average Bonchev–Trinajstić information content (AvgIpc) is 2.60. The molecule has 2 rings (SSSR count). The minimum absolute atomic E-state index is 0.0360. The van der Waals surface area contributed by atoms with Crippen molar-refractivity contribution in [2.75, 3.05) is 11.4 Å². The molecule has 1 aromatic rings. The maximum atomic E-state index is 12.6. The Morgan fingerprint density at radius 1 is 1.25 bits per heavy atom. The normalized spacial score (nSPS) is 16.0. The summed E-state index contributed by atoms with van der Waals surface area (Å²) in [5.74, 6) is 0.0952. The van der Waals surface area contributed by atoms with E-state index in [-0.39, 0.29) is 18.4 Å². The number of para-hydroxylation sites is 1. The number of hydrogen-bond acceptors (Lipinski definition) is 3.